The Bertz CT molecular complexity index is 1160. The summed E-state index contributed by atoms with van der Waals surface area (Å²) in [6, 6.07) is 9.71. The number of ketones is 1. The number of hydrogen-bond acceptors (Lipinski definition) is 3. The maximum atomic E-state index is 12.4. The average Bonchev–Trinajstić information content (AvgIpc) is 3.06. The van der Waals surface area contributed by atoms with Crippen molar-refractivity contribution < 1.29 is 9.90 Å². The Balaban J connectivity index is 1.60. The second-order valence-electron chi connectivity index (χ2n) is 14.6. The van der Waals surface area contributed by atoms with Gasteiger partial charge >= 0.3 is 0 Å². The SMILES string of the molecule is CC(C)N(C)c1ccc([C@H]2C[C@@]3(C)[C@@H](CC(C)[C@@]3(O)C#CC(C)(C)C)[C@@H]3CCC4=CC(=O)CCC4[C@H]32)cc1. The minimum Gasteiger partial charge on any atom is -0.377 e. The third kappa shape index (κ3) is 4.46. The van der Waals surface area contributed by atoms with Gasteiger partial charge in [-0.1, -0.05) is 43.4 Å². The van der Waals surface area contributed by atoms with Crippen LogP contribution in [0.25, 0.3) is 0 Å². The predicted molar refractivity (Wildman–Crippen MR) is 157 cm³/mol. The van der Waals surface area contributed by atoms with Crippen molar-refractivity contribution in [2.75, 3.05) is 11.9 Å². The highest BCUT2D eigenvalue weighted by Gasteiger charge is 2.67. The highest BCUT2D eigenvalue weighted by Crippen LogP contribution is 2.69. The Morgan fingerprint density at radius 2 is 1.76 bits per heavy atom. The monoisotopic (exact) mass is 515 g/mol. The summed E-state index contributed by atoms with van der Waals surface area (Å²) in [5.41, 5.74) is 2.67. The molecular formula is C35H49NO2. The van der Waals surface area contributed by atoms with Gasteiger partial charge in [-0.3, -0.25) is 4.79 Å². The zero-order valence-corrected chi connectivity index (χ0v) is 25.0. The Hall–Kier alpha value is -2.05. The van der Waals surface area contributed by atoms with Crippen molar-refractivity contribution in [1.82, 2.24) is 0 Å². The molecule has 0 aliphatic heterocycles. The molecule has 1 aromatic carbocycles. The molecule has 5 rings (SSSR count). The second kappa shape index (κ2) is 9.55. The molecule has 0 saturated heterocycles. The topological polar surface area (TPSA) is 40.5 Å². The summed E-state index contributed by atoms with van der Waals surface area (Å²) in [5.74, 6) is 9.80. The third-order valence-corrected chi connectivity index (χ3v) is 11.0. The third-order valence-electron chi connectivity index (χ3n) is 11.0. The van der Waals surface area contributed by atoms with Crippen molar-refractivity contribution in [3.63, 3.8) is 0 Å². The molecule has 1 N–H and O–H groups in total. The maximum absolute atomic E-state index is 12.4. The molecule has 206 valence electrons. The van der Waals surface area contributed by atoms with Crippen molar-refractivity contribution in [2.45, 2.75) is 105 Å². The molecule has 0 aromatic heterocycles. The first kappa shape index (κ1) is 27.5. The summed E-state index contributed by atoms with van der Waals surface area (Å²) >= 11 is 0. The molecular weight excluding hydrogens is 466 g/mol. The van der Waals surface area contributed by atoms with E-state index < -0.39 is 5.60 Å². The Kier molecular flexibility index (Phi) is 6.91. The number of fused-ring (bicyclic) bond motifs is 5. The molecule has 3 heteroatoms. The van der Waals surface area contributed by atoms with E-state index in [4.69, 9.17) is 0 Å². The lowest BCUT2D eigenvalue weighted by atomic mass is 9.46. The number of nitrogens with zero attached hydrogens (tertiary/aromatic N) is 1. The molecule has 3 nitrogen and oxygen atoms in total. The van der Waals surface area contributed by atoms with E-state index >= 15 is 0 Å². The average molecular weight is 516 g/mol. The van der Waals surface area contributed by atoms with E-state index in [-0.39, 0.29) is 16.7 Å². The molecule has 4 aliphatic carbocycles. The van der Waals surface area contributed by atoms with Gasteiger partial charge in [0.2, 0.25) is 0 Å². The van der Waals surface area contributed by atoms with Crippen molar-refractivity contribution in [3.8, 4) is 11.8 Å². The fourth-order valence-corrected chi connectivity index (χ4v) is 8.79. The van der Waals surface area contributed by atoms with Gasteiger partial charge in [0.25, 0.3) is 0 Å². The van der Waals surface area contributed by atoms with Crippen molar-refractivity contribution in [1.29, 1.82) is 0 Å². The van der Waals surface area contributed by atoms with E-state index in [2.05, 4.69) is 96.5 Å². The van der Waals surface area contributed by atoms with Crippen LogP contribution in [0.15, 0.2) is 35.9 Å². The minimum absolute atomic E-state index is 0.141. The molecule has 1 aromatic rings. The number of anilines is 1. The van der Waals surface area contributed by atoms with Crippen LogP contribution in [0.1, 0.15) is 98.5 Å². The van der Waals surface area contributed by atoms with Crippen LogP contribution in [0.2, 0.25) is 0 Å². The van der Waals surface area contributed by atoms with Crippen LogP contribution in [0.4, 0.5) is 5.69 Å². The van der Waals surface area contributed by atoms with Gasteiger partial charge in [0.05, 0.1) is 0 Å². The van der Waals surface area contributed by atoms with E-state index in [1.165, 1.54) is 16.8 Å². The summed E-state index contributed by atoms with van der Waals surface area (Å²) in [4.78, 5) is 14.7. The highest BCUT2D eigenvalue weighted by molar-refractivity contribution is 5.91. The summed E-state index contributed by atoms with van der Waals surface area (Å²) in [7, 11) is 2.16. The molecule has 4 aliphatic rings. The number of carbonyl (C=O) groups excluding carboxylic acids is 1. The van der Waals surface area contributed by atoms with Crippen LogP contribution in [0.3, 0.4) is 0 Å². The number of aliphatic hydroxyl groups is 1. The summed E-state index contributed by atoms with van der Waals surface area (Å²) in [5, 5.41) is 12.4. The van der Waals surface area contributed by atoms with Crippen molar-refractivity contribution in [3.05, 3.63) is 41.5 Å². The van der Waals surface area contributed by atoms with Crippen LogP contribution in [0.5, 0.6) is 0 Å². The van der Waals surface area contributed by atoms with E-state index in [0.717, 1.165) is 32.1 Å². The van der Waals surface area contributed by atoms with Gasteiger partial charge in [-0.25, -0.2) is 0 Å². The molecule has 0 amide bonds. The Morgan fingerprint density at radius 3 is 2.39 bits per heavy atom. The molecule has 8 atom stereocenters. The zero-order valence-electron chi connectivity index (χ0n) is 25.0. The van der Waals surface area contributed by atoms with E-state index in [1.54, 1.807) is 0 Å². The first-order valence-corrected chi connectivity index (χ1v) is 15.1. The van der Waals surface area contributed by atoms with Gasteiger partial charge in [-0.2, -0.15) is 0 Å². The summed E-state index contributed by atoms with van der Waals surface area (Å²) < 4.78 is 0. The van der Waals surface area contributed by atoms with Gasteiger partial charge in [0.1, 0.15) is 5.60 Å². The molecule has 2 unspecified atom stereocenters. The van der Waals surface area contributed by atoms with Crippen molar-refractivity contribution in [2.24, 2.45) is 40.4 Å². The molecule has 0 radical (unpaired) electrons. The number of hydrogen-bond donors (Lipinski definition) is 1. The first-order valence-electron chi connectivity index (χ1n) is 15.1. The lowest BCUT2D eigenvalue weighted by Gasteiger charge is -2.58. The maximum Gasteiger partial charge on any atom is 0.155 e. The highest BCUT2D eigenvalue weighted by atomic mass is 16.3. The first-order chi connectivity index (χ1) is 17.7. The van der Waals surface area contributed by atoms with Gasteiger partial charge in [-0.15, -0.1) is 0 Å². The predicted octanol–water partition coefficient (Wildman–Crippen LogP) is 7.39. The molecule has 0 heterocycles. The van der Waals surface area contributed by atoms with Gasteiger partial charge in [0, 0.05) is 36.0 Å². The summed E-state index contributed by atoms with van der Waals surface area (Å²) in [6.07, 6.45) is 7.83. The van der Waals surface area contributed by atoms with Crippen LogP contribution >= 0.6 is 0 Å². The normalized spacial score (nSPS) is 38.5. The smallest absolute Gasteiger partial charge is 0.155 e. The van der Waals surface area contributed by atoms with Crippen LogP contribution < -0.4 is 4.90 Å². The molecule has 0 spiro atoms. The quantitative estimate of drug-likeness (QED) is 0.427. The number of allylic oxidation sites excluding steroid dienone is 1. The fraction of sp³-hybridized carbons (Fsp3) is 0.686. The van der Waals surface area contributed by atoms with Gasteiger partial charge < -0.3 is 10.0 Å². The number of benzene rings is 1. The fourth-order valence-electron chi connectivity index (χ4n) is 8.79. The molecule has 0 bridgehead atoms. The lowest BCUT2D eigenvalue weighted by Crippen LogP contribution is -2.55. The minimum atomic E-state index is -0.982. The standard InChI is InChI=1S/C35H49NO2/c1-22(2)36(8)26-12-9-24(10-13-26)30-21-34(7)31(19-23(3)35(34,38)18-17-33(4,5)6)29-15-11-25-20-27(37)14-16-28(25)32(29)30/h9-10,12-13,20,22-23,28-32,38H,11,14-16,19,21H2,1-8H3/t23?,28?,29-,30+,31-,32+,34-,35-/m0/s1. The Labute approximate surface area is 231 Å². The largest absolute Gasteiger partial charge is 0.377 e. The van der Waals surface area contributed by atoms with E-state index in [9.17, 15) is 9.90 Å². The van der Waals surface area contributed by atoms with Crippen LogP contribution in [-0.2, 0) is 4.79 Å². The lowest BCUT2D eigenvalue weighted by molar-refractivity contribution is -0.117. The molecule has 3 saturated carbocycles. The molecule has 3 fully saturated rings. The Morgan fingerprint density at radius 1 is 1.08 bits per heavy atom. The van der Waals surface area contributed by atoms with Gasteiger partial charge in [-0.05, 0) is 126 Å². The van der Waals surface area contributed by atoms with Crippen molar-refractivity contribution >= 4 is 11.5 Å². The van der Waals surface area contributed by atoms with Crippen LogP contribution in [0, 0.1) is 52.3 Å². The number of rotatable bonds is 3. The van der Waals surface area contributed by atoms with E-state index in [0.29, 0.717) is 47.8 Å². The van der Waals surface area contributed by atoms with Crippen LogP contribution in [-0.4, -0.2) is 29.6 Å². The zero-order chi connectivity index (χ0) is 27.6. The second-order valence-corrected chi connectivity index (χ2v) is 14.6. The van der Waals surface area contributed by atoms with Gasteiger partial charge in [0.15, 0.2) is 5.78 Å². The number of carbonyl (C=O) groups is 1. The molecule has 38 heavy (non-hydrogen) atoms. The van der Waals surface area contributed by atoms with E-state index in [1.807, 2.05) is 6.08 Å². The summed E-state index contributed by atoms with van der Waals surface area (Å²) in [6.45, 7) is 15.4.